The maximum atomic E-state index is 13.0. The van der Waals surface area contributed by atoms with Gasteiger partial charge in [-0.25, -0.2) is 0 Å². The van der Waals surface area contributed by atoms with Crippen molar-refractivity contribution in [3.63, 3.8) is 0 Å². The third-order valence-electron chi connectivity index (χ3n) is 5.66. The largest absolute Gasteiger partial charge is 0.341 e. The number of piperidine rings is 1. The van der Waals surface area contributed by atoms with E-state index in [0.29, 0.717) is 39.1 Å². The van der Waals surface area contributed by atoms with Crippen LogP contribution in [0.25, 0.3) is 0 Å². The van der Waals surface area contributed by atoms with E-state index in [0.717, 1.165) is 32.5 Å². The summed E-state index contributed by atoms with van der Waals surface area (Å²) < 4.78 is 0. The lowest BCUT2D eigenvalue weighted by atomic mass is 10.00. The van der Waals surface area contributed by atoms with Crippen LogP contribution in [0.15, 0.2) is 0 Å². The minimum Gasteiger partial charge on any atom is -0.341 e. The minimum absolute atomic E-state index is 0. The van der Waals surface area contributed by atoms with Gasteiger partial charge in [-0.3, -0.25) is 14.4 Å². The first kappa shape index (κ1) is 24.9. The van der Waals surface area contributed by atoms with Crippen molar-refractivity contribution in [3.05, 3.63) is 0 Å². The Morgan fingerprint density at radius 3 is 2.57 bits per heavy atom. The monoisotopic (exact) mass is 437 g/mol. The van der Waals surface area contributed by atoms with Crippen molar-refractivity contribution in [2.45, 2.75) is 25.3 Å². The number of carbonyl (C=O) groups is 3. The molecule has 0 spiro atoms. The number of piperazine rings is 1. The normalized spacial score (nSPS) is 25.6. The Hall–Kier alpha value is -1.09. The average molecular weight is 438 g/mol. The lowest BCUT2D eigenvalue weighted by Gasteiger charge is -2.41. The van der Waals surface area contributed by atoms with E-state index in [9.17, 15) is 14.4 Å². The Bertz CT molecular complexity index is 563. The molecule has 3 aliphatic heterocycles. The molecular weight excluding hydrogens is 405 g/mol. The summed E-state index contributed by atoms with van der Waals surface area (Å²) >= 11 is 0. The Morgan fingerprint density at radius 2 is 1.89 bits per heavy atom. The number of nitrogens with zero attached hydrogens (tertiary/aromatic N) is 4. The second-order valence-corrected chi connectivity index (χ2v) is 7.89. The van der Waals surface area contributed by atoms with E-state index in [4.69, 9.17) is 0 Å². The molecule has 10 heteroatoms. The number of halogens is 2. The fourth-order valence-electron chi connectivity index (χ4n) is 4.15. The summed E-state index contributed by atoms with van der Waals surface area (Å²) in [7, 11) is 3.96. The summed E-state index contributed by atoms with van der Waals surface area (Å²) in [5.74, 6) is 0.0534. The molecule has 28 heavy (non-hydrogen) atoms. The molecule has 1 N–H and O–H groups in total. The van der Waals surface area contributed by atoms with Crippen molar-refractivity contribution >= 4 is 42.5 Å². The highest BCUT2D eigenvalue weighted by atomic mass is 35.5. The molecule has 2 unspecified atom stereocenters. The Morgan fingerprint density at radius 1 is 1.14 bits per heavy atom. The minimum atomic E-state index is -0.234. The molecule has 3 heterocycles. The highest BCUT2D eigenvalue weighted by Gasteiger charge is 2.39. The third-order valence-corrected chi connectivity index (χ3v) is 5.66. The van der Waals surface area contributed by atoms with Gasteiger partial charge in [-0.15, -0.1) is 24.8 Å². The molecule has 3 rings (SSSR count). The molecule has 0 bridgehead atoms. The predicted octanol–water partition coefficient (Wildman–Crippen LogP) is -0.337. The van der Waals surface area contributed by atoms with Gasteiger partial charge < -0.3 is 24.9 Å². The zero-order valence-corrected chi connectivity index (χ0v) is 18.4. The van der Waals surface area contributed by atoms with Gasteiger partial charge in [0.15, 0.2) is 0 Å². The van der Waals surface area contributed by atoms with Gasteiger partial charge in [0.05, 0.1) is 12.5 Å². The summed E-state index contributed by atoms with van der Waals surface area (Å²) in [6.07, 6.45) is 2.19. The van der Waals surface area contributed by atoms with Gasteiger partial charge in [0.2, 0.25) is 17.7 Å². The smallest absolute Gasteiger partial charge is 0.236 e. The molecule has 3 saturated heterocycles. The number of likely N-dealkylation sites (tertiary alicyclic amines) is 2. The number of rotatable bonds is 5. The van der Waals surface area contributed by atoms with Gasteiger partial charge in [0.25, 0.3) is 0 Å². The molecule has 0 radical (unpaired) electrons. The lowest BCUT2D eigenvalue weighted by Crippen LogP contribution is -2.58. The van der Waals surface area contributed by atoms with Crippen LogP contribution in [0.4, 0.5) is 0 Å². The number of carbonyl (C=O) groups excluding carboxylic acids is 3. The number of amides is 3. The van der Waals surface area contributed by atoms with Gasteiger partial charge >= 0.3 is 0 Å². The molecule has 8 nitrogen and oxygen atoms in total. The first-order valence-electron chi connectivity index (χ1n) is 9.67. The van der Waals surface area contributed by atoms with E-state index in [1.165, 1.54) is 0 Å². The van der Waals surface area contributed by atoms with E-state index < -0.39 is 0 Å². The topological polar surface area (TPSA) is 76.2 Å². The van der Waals surface area contributed by atoms with E-state index in [2.05, 4.69) is 5.32 Å². The third kappa shape index (κ3) is 5.95. The van der Waals surface area contributed by atoms with E-state index in [-0.39, 0.29) is 54.5 Å². The van der Waals surface area contributed by atoms with Gasteiger partial charge in [-0.1, -0.05) is 0 Å². The van der Waals surface area contributed by atoms with E-state index in [1.807, 2.05) is 33.7 Å². The molecule has 0 saturated carbocycles. The van der Waals surface area contributed by atoms with Crippen LogP contribution in [-0.2, 0) is 14.4 Å². The van der Waals surface area contributed by atoms with Crippen molar-refractivity contribution in [3.8, 4) is 0 Å². The number of likely N-dealkylation sites (N-methyl/N-ethyl adjacent to an activating group) is 1. The quantitative estimate of drug-likeness (QED) is 0.636. The molecule has 2 atom stereocenters. The first-order chi connectivity index (χ1) is 12.5. The lowest BCUT2D eigenvalue weighted by molar-refractivity contribution is -0.142. The average Bonchev–Trinajstić information content (AvgIpc) is 3.00. The fraction of sp³-hybridized carbons (Fsp3) is 0.833. The van der Waals surface area contributed by atoms with Crippen molar-refractivity contribution in [2.24, 2.45) is 5.92 Å². The first-order valence-corrected chi connectivity index (χ1v) is 9.67. The van der Waals surface area contributed by atoms with Gasteiger partial charge in [-0.2, -0.15) is 0 Å². The van der Waals surface area contributed by atoms with Crippen LogP contribution in [0.3, 0.4) is 0 Å². The molecule has 0 aromatic carbocycles. The van der Waals surface area contributed by atoms with Gasteiger partial charge in [0.1, 0.15) is 0 Å². The fourth-order valence-corrected chi connectivity index (χ4v) is 4.15. The second-order valence-electron chi connectivity index (χ2n) is 7.89. The van der Waals surface area contributed by atoms with Crippen molar-refractivity contribution < 1.29 is 14.4 Å². The molecule has 0 aromatic rings. The van der Waals surface area contributed by atoms with E-state index in [1.54, 1.807) is 0 Å². The van der Waals surface area contributed by atoms with Crippen LogP contribution in [0.5, 0.6) is 0 Å². The van der Waals surface area contributed by atoms with Crippen LogP contribution in [-0.4, -0.2) is 110 Å². The highest BCUT2D eigenvalue weighted by molar-refractivity contribution is 5.89. The maximum absolute atomic E-state index is 13.0. The molecule has 3 aliphatic rings. The summed E-state index contributed by atoms with van der Waals surface area (Å²) in [6, 6.07) is 0.115. The van der Waals surface area contributed by atoms with Crippen molar-refractivity contribution in [1.29, 1.82) is 0 Å². The molecule has 0 aliphatic carbocycles. The van der Waals surface area contributed by atoms with Crippen LogP contribution in [0.2, 0.25) is 0 Å². The highest BCUT2D eigenvalue weighted by Crippen LogP contribution is 2.24. The molecule has 3 fully saturated rings. The van der Waals surface area contributed by atoms with Crippen molar-refractivity contribution in [2.75, 3.05) is 66.5 Å². The molecule has 0 aromatic heterocycles. The molecule has 3 amide bonds. The second kappa shape index (κ2) is 11.2. The Kier molecular flexibility index (Phi) is 9.97. The number of hydrogen-bond donors (Lipinski definition) is 1. The maximum Gasteiger partial charge on any atom is 0.236 e. The van der Waals surface area contributed by atoms with Crippen LogP contribution < -0.4 is 5.32 Å². The predicted molar refractivity (Wildman–Crippen MR) is 112 cm³/mol. The Labute approximate surface area is 179 Å². The zero-order valence-electron chi connectivity index (χ0n) is 16.8. The summed E-state index contributed by atoms with van der Waals surface area (Å²) in [5, 5.41) is 3.09. The van der Waals surface area contributed by atoms with Crippen LogP contribution >= 0.6 is 24.8 Å². The SMILES string of the molecule is CN(C)CCN1CC(C(=O)N2CCCC(N3CCNCC3=O)C2)CC1=O.Cl.Cl. The summed E-state index contributed by atoms with van der Waals surface area (Å²) in [4.78, 5) is 45.0. The van der Waals surface area contributed by atoms with E-state index >= 15 is 0 Å². The zero-order chi connectivity index (χ0) is 18.7. The van der Waals surface area contributed by atoms with Gasteiger partial charge in [0, 0.05) is 58.3 Å². The number of hydrogen-bond acceptors (Lipinski definition) is 5. The van der Waals surface area contributed by atoms with Crippen LogP contribution in [0.1, 0.15) is 19.3 Å². The Balaban J connectivity index is 0.00000196. The molecular formula is C18H33Cl2N5O3. The summed E-state index contributed by atoms with van der Waals surface area (Å²) in [6.45, 7) is 5.27. The van der Waals surface area contributed by atoms with Crippen LogP contribution in [0, 0.1) is 5.92 Å². The van der Waals surface area contributed by atoms with Gasteiger partial charge in [-0.05, 0) is 26.9 Å². The number of nitrogens with one attached hydrogen (secondary N) is 1. The van der Waals surface area contributed by atoms with Crippen molar-refractivity contribution in [1.82, 2.24) is 24.9 Å². The standard InChI is InChI=1S/C18H31N5O3.2ClH/c1-20(2)8-9-21-12-14(10-16(21)24)18(26)22-6-3-4-15(13-22)23-7-5-19-11-17(23)25;;/h14-15,19H,3-13H2,1-2H3;2*1H. The molecule has 162 valence electrons. The summed E-state index contributed by atoms with van der Waals surface area (Å²) in [5.41, 5.74) is 0.